The minimum absolute atomic E-state index is 0.00584. The van der Waals surface area contributed by atoms with Gasteiger partial charge in [-0.1, -0.05) is 48.5 Å². The van der Waals surface area contributed by atoms with Crippen LogP contribution in [-0.2, 0) is 12.7 Å². The van der Waals surface area contributed by atoms with Crippen molar-refractivity contribution < 1.29 is 13.2 Å². The number of benzene rings is 3. The van der Waals surface area contributed by atoms with Crippen molar-refractivity contribution in [3.05, 3.63) is 83.4 Å². The number of alkyl halides is 3. The van der Waals surface area contributed by atoms with E-state index in [9.17, 15) is 13.2 Å². The maximum atomic E-state index is 13.8. The average Bonchev–Trinajstić information content (AvgIpc) is 3.18. The molecule has 1 saturated heterocycles. The zero-order chi connectivity index (χ0) is 23.0. The number of rotatable bonds is 4. The second-order valence-electron chi connectivity index (χ2n) is 8.73. The monoisotopic (exact) mass is 449 g/mol. The summed E-state index contributed by atoms with van der Waals surface area (Å²) in [6, 6.07) is 20.4. The second kappa shape index (κ2) is 8.58. The molecule has 5 rings (SSSR count). The summed E-state index contributed by atoms with van der Waals surface area (Å²) in [6.45, 7) is 4.50. The first-order chi connectivity index (χ1) is 15.9. The molecule has 6 heteroatoms. The van der Waals surface area contributed by atoms with Gasteiger partial charge in [-0.15, -0.1) is 0 Å². The summed E-state index contributed by atoms with van der Waals surface area (Å²) in [6.07, 6.45) is -0.817. The van der Waals surface area contributed by atoms with Gasteiger partial charge in [-0.2, -0.15) is 18.3 Å². The highest BCUT2D eigenvalue weighted by atomic mass is 19.4. The Morgan fingerprint density at radius 2 is 1.58 bits per heavy atom. The van der Waals surface area contributed by atoms with E-state index < -0.39 is 11.7 Å². The van der Waals surface area contributed by atoms with Gasteiger partial charge in [0.1, 0.15) is 5.52 Å². The van der Waals surface area contributed by atoms with Crippen LogP contribution in [0.2, 0.25) is 0 Å². The molecule has 2 heterocycles. The SMILES string of the molecule is Cc1ccccc1Cn1nc2c(C(F)(F)F)cccc2c1-c1ccc(N2CCCCC2)cc1. The average molecular weight is 450 g/mol. The third-order valence-electron chi connectivity index (χ3n) is 6.52. The highest BCUT2D eigenvalue weighted by molar-refractivity contribution is 5.95. The fourth-order valence-electron chi connectivity index (χ4n) is 4.73. The number of hydrogen-bond donors (Lipinski definition) is 0. The molecule has 0 unspecified atom stereocenters. The van der Waals surface area contributed by atoms with E-state index in [0.29, 0.717) is 17.6 Å². The van der Waals surface area contributed by atoms with E-state index >= 15 is 0 Å². The van der Waals surface area contributed by atoms with Crippen LogP contribution in [0.1, 0.15) is 36.0 Å². The van der Waals surface area contributed by atoms with Crippen molar-refractivity contribution in [1.82, 2.24) is 9.78 Å². The van der Waals surface area contributed by atoms with Gasteiger partial charge < -0.3 is 4.90 Å². The molecule has 0 aliphatic carbocycles. The van der Waals surface area contributed by atoms with Crippen molar-refractivity contribution in [3.63, 3.8) is 0 Å². The highest BCUT2D eigenvalue weighted by Gasteiger charge is 2.34. The summed E-state index contributed by atoms with van der Waals surface area (Å²) in [7, 11) is 0. The predicted octanol–water partition coefficient (Wildman–Crippen LogP) is 7.07. The minimum atomic E-state index is -4.46. The van der Waals surface area contributed by atoms with Gasteiger partial charge in [-0.05, 0) is 55.5 Å². The number of fused-ring (bicyclic) bond motifs is 1. The topological polar surface area (TPSA) is 21.1 Å². The van der Waals surface area contributed by atoms with Crippen molar-refractivity contribution >= 4 is 16.6 Å². The molecule has 0 atom stereocenters. The number of piperidine rings is 1. The lowest BCUT2D eigenvalue weighted by molar-refractivity contribution is -0.136. The second-order valence-corrected chi connectivity index (χ2v) is 8.73. The number of halogens is 3. The highest BCUT2D eigenvalue weighted by Crippen LogP contribution is 2.38. The summed E-state index contributed by atoms with van der Waals surface area (Å²) in [5.74, 6) is 0. The molecule has 0 bridgehead atoms. The summed E-state index contributed by atoms with van der Waals surface area (Å²) < 4.78 is 43.0. The summed E-state index contributed by atoms with van der Waals surface area (Å²) in [4.78, 5) is 2.37. The fourth-order valence-corrected chi connectivity index (χ4v) is 4.73. The van der Waals surface area contributed by atoms with Crippen LogP contribution in [0.4, 0.5) is 18.9 Å². The molecule has 0 spiro atoms. The van der Waals surface area contributed by atoms with Crippen LogP contribution < -0.4 is 4.90 Å². The molecular weight excluding hydrogens is 423 g/mol. The first-order valence-corrected chi connectivity index (χ1v) is 11.4. The van der Waals surface area contributed by atoms with Crippen LogP contribution >= 0.6 is 0 Å². The van der Waals surface area contributed by atoms with Gasteiger partial charge in [0.25, 0.3) is 0 Å². The van der Waals surface area contributed by atoms with E-state index in [0.717, 1.165) is 41.5 Å². The van der Waals surface area contributed by atoms with Crippen LogP contribution in [0.3, 0.4) is 0 Å². The van der Waals surface area contributed by atoms with Crippen LogP contribution in [0.25, 0.3) is 22.2 Å². The predicted molar refractivity (Wildman–Crippen MR) is 127 cm³/mol. The Morgan fingerprint density at radius 3 is 2.27 bits per heavy atom. The van der Waals surface area contributed by atoms with Crippen molar-refractivity contribution in [2.45, 2.75) is 38.9 Å². The van der Waals surface area contributed by atoms with E-state index in [1.165, 1.54) is 25.3 Å². The zero-order valence-corrected chi connectivity index (χ0v) is 18.6. The molecule has 1 fully saturated rings. The zero-order valence-electron chi connectivity index (χ0n) is 18.6. The Labute approximate surface area is 191 Å². The molecule has 1 aliphatic heterocycles. The number of anilines is 1. The van der Waals surface area contributed by atoms with Gasteiger partial charge in [-0.3, -0.25) is 4.68 Å². The van der Waals surface area contributed by atoms with Gasteiger partial charge in [-0.25, -0.2) is 0 Å². The van der Waals surface area contributed by atoms with Crippen molar-refractivity contribution in [3.8, 4) is 11.3 Å². The van der Waals surface area contributed by atoms with Crippen LogP contribution in [0, 0.1) is 6.92 Å². The van der Waals surface area contributed by atoms with Crippen molar-refractivity contribution in [2.24, 2.45) is 0 Å². The molecule has 4 aromatic rings. The molecule has 3 nitrogen and oxygen atoms in total. The molecule has 33 heavy (non-hydrogen) atoms. The molecular formula is C27H26F3N3. The van der Waals surface area contributed by atoms with E-state index in [2.05, 4.69) is 22.1 Å². The number of hydrogen-bond acceptors (Lipinski definition) is 2. The smallest absolute Gasteiger partial charge is 0.372 e. The number of nitrogens with zero attached hydrogens (tertiary/aromatic N) is 3. The Hall–Kier alpha value is -3.28. The Kier molecular flexibility index (Phi) is 5.60. The van der Waals surface area contributed by atoms with Crippen LogP contribution in [0.5, 0.6) is 0 Å². The van der Waals surface area contributed by atoms with Crippen molar-refractivity contribution in [2.75, 3.05) is 18.0 Å². The molecule has 1 aliphatic rings. The normalized spacial score (nSPS) is 14.7. The number of aryl methyl sites for hydroxylation is 1. The van der Waals surface area contributed by atoms with Gasteiger partial charge >= 0.3 is 6.18 Å². The fraction of sp³-hybridized carbons (Fsp3) is 0.296. The summed E-state index contributed by atoms with van der Waals surface area (Å²) in [5.41, 5.74) is 4.15. The molecule has 0 N–H and O–H groups in total. The Bertz CT molecular complexity index is 1270. The molecule has 3 aromatic carbocycles. The van der Waals surface area contributed by atoms with Crippen LogP contribution in [-0.4, -0.2) is 22.9 Å². The summed E-state index contributed by atoms with van der Waals surface area (Å²) >= 11 is 0. The Balaban J connectivity index is 1.63. The largest absolute Gasteiger partial charge is 0.418 e. The molecule has 0 saturated carbocycles. The number of aromatic nitrogens is 2. The first-order valence-electron chi connectivity index (χ1n) is 11.4. The third-order valence-corrected chi connectivity index (χ3v) is 6.52. The van der Waals surface area contributed by atoms with Gasteiger partial charge in [0.05, 0.1) is 17.8 Å². The lowest BCUT2D eigenvalue weighted by Gasteiger charge is -2.28. The van der Waals surface area contributed by atoms with Crippen molar-refractivity contribution in [1.29, 1.82) is 0 Å². The molecule has 1 aromatic heterocycles. The lowest BCUT2D eigenvalue weighted by Crippen LogP contribution is -2.29. The van der Waals surface area contributed by atoms with E-state index in [1.807, 2.05) is 43.3 Å². The maximum Gasteiger partial charge on any atom is 0.418 e. The van der Waals surface area contributed by atoms with E-state index in [4.69, 9.17) is 0 Å². The maximum absolute atomic E-state index is 13.8. The summed E-state index contributed by atoms with van der Waals surface area (Å²) in [5, 5.41) is 5.01. The van der Waals surface area contributed by atoms with Gasteiger partial charge in [0.2, 0.25) is 0 Å². The van der Waals surface area contributed by atoms with Gasteiger partial charge in [0, 0.05) is 29.7 Å². The minimum Gasteiger partial charge on any atom is -0.372 e. The Morgan fingerprint density at radius 1 is 0.848 bits per heavy atom. The van der Waals surface area contributed by atoms with E-state index in [1.54, 1.807) is 10.7 Å². The van der Waals surface area contributed by atoms with Gasteiger partial charge in [0.15, 0.2) is 0 Å². The molecule has 0 radical (unpaired) electrons. The van der Waals surface area contributed by atoms with E-state index in [-0.39, 0.29) is 5.52 Å². The molecule has 0 amide bonds. The molecule has 170 valence electrons. The third kappa shape index (κ3) is 4.22. The standard InChI is InChI=1S/C27H26F3N3/c1-19-8-3-4-9-21(19)18-33-26(23-10-7-11-24(25(23)31-33)27(28,29)30)20-12-14-22(15-13-20)32-16-5-2-6-17-32/h3-4,7-15H,2,5-6,16-18H2,1H3. The lowest BCUT2D eigenvalue weighted by atomic mass is 10.0. The first kappa shape index (κ1) is 21.6. The van der Waals surface area contributed by atoms with Crippen LogP contribution in [0.15, 0.2) is 66.7 Å². The quantitative estimate of drug-likeness (QED) is 0.332.